The minimum atomic E-state index is -0.0463. The lowest BCUT2D eigenvalue weighted by Crippen LogP contribution is -2.25. The number of halogens is 1. The lowest BCUT2D eigenvalue weighted by molar-refractivity contribution is 0.0813. The average Bonchev–Trinajstić information content (AvgIpc) is 2.48. The summed E-state index contributed by atoms with van der Waals surface area (Å²) >= 11 is 2.17. The van der Waals surface area contributed by atoms with Crippen LogP contribution >= 0.6 is 22.6 Å². The molecule has 0 aliphatic heterocycles. The summed E-state index contributed by atoms with van der Waals surface area (Å²) in [6, 6.07) is 17.4. The Morgan fingerprint density at radius 1 is 1.15 bits per heavy atom. The second kappa shape index (κ2) is 7.08. The van der Waals surface area contributed by atoms with Crippen molar-refractivity contribution in [2.45, 2.75) is 6.54 Å². The normalized spacial score (nSPS) is 9.65. The van der Waals surface area contributed by atoms with Gasteiger partial charge in [-0.3, -0.25) is 4.79 Å². The minimum Gasteiger partial charge on any atom is -0.303 e. The van der Waals surface area contributed by atoms with Crippen LogP contribution in [0.25, 0.3) is 0 Å². The highest BCUT2D eigenvalue weighted by molar-refractivity contribution is 14.1. The fraction of sp³-hybridized carbons (Fsp3) is 0.0588. The molecule has 20 heavy (non-hydrogen) atoms. The zero-order valence-corrected chi connectivity index (χ0v) is 13.1. The molecule has 0 fully saturated rings. The maximum absolute atomic E-state index is 12.6. The summed E-state index contributed by atoms with van der Waals surface area (Å²) in [4.78, 5) is 14.2. The van der Waals surface area contributed by atoms with Crippen LogP contribution in [0, 0.1) is 3.57 Å². The van der Waals surface area contributed by atoms with Gasteiger partial charge in [0.05, 0.1) is 12.1 Å². The standard InChI is InChI=1S/C17H14INO/c1-2-12-19(13-14-8-4-3-5-9-14)17(20)15-10-6-7-11-16(15)18/h3-12H,1,13H2. The third-order valence-corrected chi connectivity index (χ3v) is 3.75. The Bertz CT molecular complexity index is 645. The van der Waals surface area contributed by atoms with E-state index < -0.39 is 0 Å². The molecule has 0 bridgehead atoms. The first-order valence-electron chi connectivity index (χ1n) is 6.17. The molecular weight excluding hydrogens is 361 g/mol. The van der Waals surface area contributed by atoms with E-state index in [0.717, 1.165) is 9.13 Å². The van der Waals surface area contributed by atoms with E-state index in [9.17, 15) is 4.79 Å². The quantitative estimate of drug-likeness (QED) is 0.579. The molecule has 2 rings (SSSR count). The Labute approximate surface area is 132 Å². The third kappa shape index (κ3) is 3.59. The zero-order chi connectivity index (χ0) is 14.4. The van der Waals surface area contributed by atoms with E-state index in [-0.39, 0.29) is 5.91 Å². The lowest BCUT2D eigenvalue weighted by Gasteiger charge is -2.18. The van der Waals surface area contributed by atoms with Crippen LogP contribution in [-0.2, 0) is 6.54 Å². The zero-order valence-electron chi connectivity index (χ0n) is 10.9. The third-order valence-electron chi connectivity index (χ3n) is 2.81. The molecule has 0 heterocycles. The smallest absolute Gasteiger partial charge is 0.259 e. The molecule has 0 spiro atoms. The van der Waals surface area contributed by atoms with Crippen molar-refractivity contribution in [3.05, 3.63) is 87.8 Å². The first-order chi connectivity index (χ1) is 9.72. The predicted octanol–water partition coefficient (Wildman–Crippen LogP) is 4.23. The highest BCUT2D eigenvalue weighted by atomic mass is 127. The van der Waals surface area contributed by atoms with Crippen LogP contribution in [0.1, 0.15) is 15.9 Å². The Kier molecular flexibility index (Phi) is 5.16. The first kappa shape index (κ1) is 14.6. The van der Waals surface area contributed by atoms with Crippen molar-refractivity contribution in [2.24, 2.45) is 0 Å². The number of nitrogens with zero attached hydrogens (tertiary/aromatic N) is 1. The number of rotatable bonds is 4. The summed E-state index contributed by atoms with van der Waals surface area (Å²) in [5, 5.41) is 0. The van der Waals surface area contributed by atoms with E-state index >= 15 is 0 Å². The molecule has 2 aromatic carbocycles. The fourth-order valence-corrected chi connectivity index (χ4v) is 2.47. The molecule has 1 amide bonds. The van der Waals surface area contributed by atoms with Crippen molar-refractivity contribution in [3.63, 3.8) is 0 Å². The van der Waals surface area contributed by atoms with Crippen molar-refractivity contribution >= 4 is 28.5 Å². The van der Waals surface area contributed by atoms with Gasteiger partial charge in [0.2, 0.25) is 0 Å². The molecular formula is C17H14INO. The summed E-state index contributed by atoms with van der Waals surface area (Å²) < 4.78 is 0.936. The maximum Gasteiger partial charge on any atom is 0.259 e. The van der Waals surface area contributed by atoms with Gasteiger partial charge in [0, 0.05) is 9.77 Å². The molecule has 0 saturated carbocycles. The van der Waals surface area contributed by atoms with Crippen LogP contribution < -0.4 is 0 Å². The summed E-state index contributed by atoms with van der Waals surface area (Å²) in [6.07, 6.45) is 1.60. The van der Waals surface area contributed by atoms with E-state index in [1.807, 2.05) is 54.6 Å². The van der Waals surface area contributed by atoms with Crippen LogP contribution in [0.15, 0.2) is 73.1 Å². The molecule has 0 aromatic heterocycles. The van der Waals surface area contributed by atoms with Crippen molar-refractivity contribution < 1.29 is 4.79 Å². The first-order valence-corrected chi connectivity index (χ1v) is 7.25. The molecule has 3 heteroatoms. The highest BCUT2D eigenvalue weighted by Gasteiger charge is 2.16. The van der Waals surface area contributed by atoms with Crippen LogP contribution in [0.3, 0.4) is 0 Å². The van der Waals surface area contributed by atoms with E-state index in [0.29, 0.717) is 12.1 Å². The lowest BCUT2D eigenvalue weighted by atomic mass is 10.1. The van der Waals surface area contributed by atoms with Gasteiger partial charge in [0.25, 0.3) is 5.91 Å². The molecule has 0 N–H and O–H groups in total. The Morgan fingerprint density at radius 3 is 2.45 bits per heavy atom. The maximum atomic E-state index is 12.6. The van der Waals surface area contributed by atoms with Crippen LogP contribution in [-0.4, -0.2) is 10.8 Å². The van der Waals surface area contributed by atoms with Gasteiger partial charge >= 0.3 is 0 Å². The van der Waals surface area contributed by atoms with Gasteiger partial charge in [-0.05, 0) is 40.3 Å². The van der Waals surface area contributed by atoms with Crippen molar-refractivity contribution in [1.82, 2.24) is 4.90 Å². The Morgan fingerprint density at radius 2 is 1.80 bits per heavy atom. The van der Waals surface area contributed by atoms with Gasteiger partial charge in [-0.1, -0.05) is 49.0 Å². The van der Waals surface area contributed by atoms with Gasteiger partial charge in [0.15, 0.2) is 0 Å². The number of amides is 1. The molecule has 0 unspecified atom stereocenters. The van der Waals surface area contributed by atoms with E-state index in [1.165, 1.54) is 0 Å². The van der Waals surface area contributed by atoms with Gasteiger partial charge in [-0.25, -0.2) is 0 Å². The number of hydrogen-bond donors (Lipinski definition) is 0. The molecule has 0 saturated heterocycles. The molecule has 100 valence electrons. The minimum absolute atomic E-state index is 0.0463. The second-order valence-corrected chi connectivity index (χ2v) is 5.39. The predicted molar refractivity (Wildman–Crippen MR) is 89.2 cm³/mol. The van der Waals surface area contributed by atoms with Gasteiger partial charge in [0.1, 0.15) is 0 Å². The number of benzene rings is 2. The summed E-state index contributed by atoms with van der Waals surface area (Å²) in [7, 11) is 0. The monoisotopic (exact) mass is 375 g/mol. The molecule has 0 aliphatic rings. The van der Waals surface area contributed by atoms with E-state index in [1.54, 1.807) is 11.1 Å². The van der Waals surface area contributed by atoms with Gasteiger partial charge in [-0.15, -0.1) is 5.73 Å². The topological polar surface area (TPSA) is 20.3 Å². The molecule has 2 aromatic rings. The van der Waals surface area contributed by atoms with E-state index in [4.69, 9.17) is 0 Å². The molecule has 0 atom stereocenters. The fourth-order valence-electron chi connectivity index (χ4n) is 1.86. The second-order valence-electron chi connectivity index (χ2n) is 4.23. The Hall–Kier alpha value is -1.84. The van der Waals surface area contributed by atoms with Gasteiger partial charge in [-0.2, -0.15) is 0 Å². The number of hydrogen-bond acceptors (Lipinski definition) is 1. The average molecular weight is 375 g/mol. The van der Waals surface area contributed by atoms with Gasteiger partial charge < -0.3 is 4.90 Å². The largest absolute Gasteiger partial charge is 0.303 e. The van der Waals surface area contributed by atoms with Crippen LogP contribution in [0.4, 0.5) is 0 Å². The van der Waals surface area contributed by atoms with Crippen molar-refractivity contribution in [1.29, 1.82) is 0 Å². The van der Waals surface area contributed by atoms with Crippen LogP contribution in [0.2, 0.25) is 0 Å². The molecule has 2 nitrogen and oxygen atoms in total. The van der Waals surface area contributed by atoms with E-state index in [2.05, 4.69) is 34.9 Å². The summed E-state index contributed by atoms with van der Waals surface area (Å²) in [5.41, 5.74) is 4.44. The summed E-state index contributed by atoms with van der Waals surface area (Å²) in [6.45, 7) is 4.07. The molecule has 0 radical (unpaired) electrons. The van der Waals surface area contributed by atoms with Crippen LogP contribution in [0.5, 0.6) is 0 Å². The van der Waals surface area contributed by atoms with Crippen molar-refractivity contribution in [2.75, 3.05) is 0 Å². The Balaban J connectivity index is 2.27. The summed E-state index contributed by atoms with van der Waals surface area (Å²) in [5.74, 6) is -0.0463. The highest BCUT2D eigenvalue weighted by Crippen LogP contribution is 2.16. The number of carbonyl (C=O) groups is 1. The van der Waals surface area contributed by atoms with Crippen molar-refractivity contribution in [3.8, 4) is 0 Å². The number of carbonyl (C=O) groups excluding carboxylic acids is 1. The molecule has 0 aliphatic carbocycles. The SMILES string of the molecule is C=C=CN(Cc1ccccc1)C(=O)c1ccccc1I.